The lowest BCUT2D eigenvalue weighted by Gasteiger charge is -2.16. The van der Waals surface area contributed by atoms with Gasteiger partial charge in [-0.2, -0.15) is 0 Å². The molecule has 0 aliphatic carbocycles. The summed E-state index contributed by atoms with van der Waals surface area (Å²) in [6.45, 7) is 4.43. The van der Waals surface area contributed by atoms with Crippen molar-refractivity contribution in [1.82, 2.24) is 5.32 Å². The molecule has 0 amide bonds. The third-order valence-electron chi connectivity index (χ3n) is 2.03. The summed E-state index contributed by atoms with van der Waals surface area (Å²) >= 11 is 0. The maximum atomic E-state index is 9.56. The molecule has 0 fully saturated rings. The average molecular weight is 225 g/mol. The Bertz CT molecular complexity index is 298. The second-order valence-electron chi connectivity index (χ2n) is 3.81. The molecule has 0 saturated heterocycles. The SMILES string of the molecule is COc1ccc(OC(O)CNC(C)C)cc1. The summed E-state index contributed by atoms with van der Waals surface area (Å²) in [4.78, 5) is 0. The second-order valence-corrected chi connectivity index (χ2v) is 3.81. The van der Waals surface area contributed by atoms with Gasteiger partial charge in [0, 0.05) is 6.04 Å². The van der Waals surface area contributed by atoms with E-state index in [1.165, 1.54) is 0 Å². The summed E-state index contributed by atoms with van der Waals surface area (Å²) in [5, 5.41) is 12.7. The van der Waals surface area contributed by atoms with Crippen LogP contribution in [0.2, 0.25) is 0 Å². The zero-order valence-corrected chi connectivity index (χ0v) is 9.93. The van der Waals surface area contributed by atoms with Crippen LogP contribution >= 0.6 is 0 Å². The molecule has 16 heavy (non-hydrogen) atoms. The number of methoxy groups -OCH3 is 1. The molecule has 0 aromatic heterocycles. The van der Waals surface area contributed by atoms with Crippen molar-refractivity contribution in [3.05, 3.63) is 24.3 Å². The molecular weight excluding hydrogens is 206 g/mol. The highest BCUT2D eigenvalue weighted by Crippen LogP contribution is 2.17. The fraction of sp³-hybridized carbons (Fsp3) is 0.500. The summed E-state index contributed by atoms with van der Waals surface area (Å²) in [5.41, 5.74) is 0. The van der Waals surface area contributed by atoms with Crippen LogP contribution in [-0.4, -0.2) is 31.1 Å². The molecule has 0 heterocycles. The van der Waals surface area contributed by atoms with Gasteiger partial charge in [-0.15, -0.1) is 0 Å². The summed E-state index contributed by atoms with van der Waals surface area (Å²) in [6, 6.07) is 7.43. The number of aliphatic hydroxyl groups excluding tert-OH is 1. The van der Waals surface area contributed by atoms with Crippen molar-refractivity contribution in [1.29, 1.82) is 0 Å². The maximum absolute atomic E-state index is 9.56. The van der Waals surface area contributed by atoms with Crippen molar-refractivity contribution in [2.45, 2.75) is 26.2 Å². The van der Waals surface area contributed by atoms with E-state index in [2.05, 4.69) is 5.32 Å². The second kappa shape index (κ2) is 6.35. The Morgan fingerprint density at radius 3 is 2.25 bits per heavy atom. The van der Waals surface area contributed by atoms with Crippen LogP contribution in [0.15, 0.2) is 24.3 Å². The van der Waals surface area contributed by atoms with Gasteiger partial charge in [-0.25, -0.2) is 0 Å². The summed E-state index contributed by atoms with van der Waals surface area (Å²) < 4.78 is 10.3. The molecule has 1 rings (SSSR count). The molecule has 0 aliphatic heterocycles. The quantitative estimate of drug-likeness (QED) is 0.718. The van der Waals surface area contributed by atoms with Crippen molar-refractivity contribution in [3.63, 3.8) is 0 Å². The summed E-state index contributed by atoms with van der Waals surface area (Å²) in [5.74, 6) is 1.39. The van der Waals surface area contributed by atoms with Crippen LogP contribution in [0.3, 0.4) is 0 Å². The van der Waals surface area contributed by atoms with E-state index in [9.17, 15) is 5.11 Å². The molecule has 90 valence electrons. The van der Waals surface area contributed by atoms with Crippen LogP contribution < -0.4 is 14.8 Å². The van der Waals surface area contributed by atoms with E-state index < -0.39 is 6.29 Å². The van der Waals surface area contributed by atoms with Gasteiger partial charge in [0.05, 0.1) is 13.7 Å². The van der Waals surface area contributed by atoms with Gasteiger partial charge < -0.3 is 19.9 Å². The number of hydrogen-bond donors (Lipinski definition) is 2. The molecule has 0 aliphatic rings. The molecule has 1 atom stereocenters. The van der Waals surface area contributed by atoms with E-state index in [1.807, 2.05) is 13.8 Å². The van der Waals surface area contributed by atoms with Crippen molar-refractivity contribution < 1.29 is 14.6 Å². The first kappa shape index (κ1) is 12.8. The first-order chi connectivity index (χ1) is 7.61. The highest BCUT2D eigenvalue weighted by atomic mass is 16.6. The van der Waals surface area contributed by atoms with Crippen LogP contribution in [0.5, 0.6) is 11.5 Å². The Labute approximate surface area is 96.2 Å². The van der Waals surface area contributed by atoms with Gasteiger partial charge >= 0.3 is 0 Å². The first-order valence-electron chi connectivity index (χ1n) is 5.34. The molecule has 1 aromatic carbocycles. The topological polar surface area (TPSA) is 50.7 Å². The van der Waals surface area contributed by atoms with E-state index >= 15 is 0 Å². The van der Waals surface area contributed by atoms with Gasteiger partial charge in [-0.1, -0.05) is 13.8 Å². The van der Waals surface area contributed by atoms with Gasteiger partial charge in [0.15, 0.2) is 0 Å². The molecule has 0 saturated carbocycles. The Morgan fingerprint density at radius 2 is 1.75 bits per heavy atom. The van der Waals surface area contributed by atoms with E-state index in [0.717, 1.165) is 5.75 Å². The molecule has 1 aromatic rings. The fourth-order valence-corrected chi connectivity index (χ4v) is 1.19. The van der Waals surface area contributed by atoms with Crippen LogP contribution in [-0.2, 0) is 0 Å². The molecule has 0 radical (unpaired) electrons. The minimum absolute atomic E-state index is 0.328. The first-order valence-corrected chi connectivity index (χ1v) is 5.34. The average Bonchev–Trinajstić information content (AvgIpc) is 2.27. The minimum atomic E-state index is -0.837. The number of aliphatic hydroxyl groups is 1. The van der Waals surface area contributed by atoms with Crippen molar-refractivity contribution >= 4 is 0 Å². The van der Waals surface area contributed by atoms with Crippen molar-refractivity contribution in [2.24, 2.45) is 0 Å². The maximum Gasteiger partial charge on any atom is 0.210 e. The van der Waals surface area contributed by atoms with Gasteiger partial charge in [0.2, 0.25) is 6.29 Å². The number of nitrogens with one attached hydrogen (secondary N) is 1. The highest BCUT2D eigenvalue weighted by molar-refractivity contribution is 5.31. The molecule has 0 bridgehead atoms. The molecule has 0 spiro atoms. The minimum Gasteiger partial charge on any atom is -0.497 e. The van der Waals surface area contributed by atoms with Crippen LogP contribution in [0.25, 0.3) is 0 Å². The fourth-order valence-electron chi connectivity index (χ4n) is 1.19. The third kappa shape index (κ3) is 4.51. The Morgan fingerprint density at radius 1 is 1.19 bits per heavy atom. The number of ether oxygens (including phenoxy) is 2. The third-order valence-corrected chi connectivity index (χ3v) is 2.03. The lowest BCUT2D eigenvalue weighted by molar-refractivity contribution is -0.0164. The van der Waals surface area contributed by atoms with E-state index in [-0.39, 0.29) is 0 Å². The van der Waals surface area contributed by atoms with Crippen molar-refractivity contribution in [2.75, 3.05) is 13.7 Å². The smallest absolute Gasteiger partial charge is 0.210 e. The normalized spacial score (nSPS) is 12.6. The highest BCUT2D eigenvalue weighted by Gasteiger charge is 2.06. The number of benzene rings is 1. The zero-order valence-electron chi connectivity index (χ0n) is 9.93. The van der Waals surface area contributed by atoms with E-state index in [1.54, 1.807) is 31.4 Å². The lowest BCUT2D eigenvalue weighted by Crippen LogP contribution is -2.35. The molecule has 4 heteroatoms. The molecular formula is C12H19NO3. The Balaban J connectivity index is 2.40. The predicted molar refractivity (Wildman–Crippen MR) is 62.8 cm³/mol. The van der Waals surface area contributed by atoms with Crippen LogP contribution in [0.4, 0.5) is 0 Å². The van der Waals surface area contributed by atoms with Gasteiger partial charge in [-0.3, -0.25) is 0 Å². The molecule has 2 N–H and O–H groups in total. The predicted octanol–water partition coefficient (Wildman–Crippen LogP) is 1.39. The standard InChI is InChI=1S/C12H19NO3/c1-9(2)13-8-12(14)16-11-6-4-10(15-3)5-7-11/h4-7,9,12-14H,8H2,1-3H3. The van der Waals surface area contributed by atoms with Crippen LogP contribution in [0.1, 0.15) is 13.8 Å². The Kier molecular flexibility index (Phi) is 5.08. The lowest BCUT2D eigenvalue weighted by atomic mass is 10.3. The largest absolute Gasteiger partial charge is 0.497 e. The number of rotatable bonds is 6. The van der Waals surface area contributed by atoms with Gasteiger partial charge in [0.25, 0.3) is 0 Å². The van der Waals surface area contributed by atoms with Gasteiger partial charge in [-0.05, 0) is 24.3 Å². The molecule has 4 nitrogen and oxygen atoms in total. The summed E-state index contributed by atoms with van der Waals surface area (Å²) in [6.07, 6.45) is -0.837. The Hall–Kier alpha value is -1.26. The van der Waals surface area contributed by atoms with Crippen LogP contribution in [0, 0.1) is 0 Å². The van der Waals surface area contributed by atoms with Gasteiger partial charge in [0.1, 0.15) is 11.5 Å². The molecule has 1 unspecified atom stereocenters. The zero-order chi connectivity index (χ0) is 12.0. The van der Waals surface area contributed by atoms with Crippen molar-refractivity contribution in [3.8, 4) is 11.5 Å². The number of hydrogen-bond acceptors (Lipinski definition) is 4. The van der Waals surface area contributed by atoms with E-state index in [4.69, 9.17) is 9.47 Å². The van der Waals surface area contributed by atoms with E-state index in [0.29, 0.717) is 18.3 Å². The monoisotopic (exact) mass is 225 g/mol. The summed E-state index contributed by atoms with van der Waals surface area (Å²) in [7, 11) is 1.61.